The van der Waals surface area contributed by atoms with Crippen molar-refractivity contribution >= 4 is 37.5 Å². The van der Waals surface area contributed by atoms with Gasteiger partial charge in [-0.05, 0) is 73.4 Å². The fourth-order valence-corrected chi connectivity index (χ4v) is 5.48. The van der Waals surface area contributed by atoms with Gasteiger partial charge in [0.25, 0.3) is 15.9 Å². The van der Waals surface area contributed by atoms with Crippen LogP contribution < -0.4 is 9.62 Å². The lowest BCUT2D eigenvalue weighted by Crippen LogP contribution is -2.35. The number of nitrogens with one attached hydrogen (secondary N) is 1. The second-order valence-corrected chi connectivity index (χ2v) is 10.4. The Bertz CT molecular complexity index is 1210. The second-order valence-electron chi connectivity index (χ2n) is 7.65. The number of benzene rings is 3. The summed E-state index contributed by atoms with van der Waals surface area (Å²) in [5.74, 6) is -0.170. The van der Waals surface area contributed by atoms with E-state index in [2.05, 4.69) is 21.2 Å². The summed E-state index contributed by atoms with van der Waals surface area (Å²) in [6.45, 7) is 2.89. The van der Waals surface area contributed by atoms with Crippen LogP contribution in [-0.2, 0) is 23.0 Å². The average molecular weight is 499 g/mol. The molecular formula is C24H23BrN2O3S. The maximum Gasteiger partial charge on any atom is 0.264 e. The van der Waals surface area contributed by atoms with Crippen molar-refractivity contribution in [1.29, 1.82) is 0 Å². The molecular weight excluding hydrogens is 476 g/mol. The summed E-state index contributed by atoms with van der Waals surface area (Å²) in [6.07, 6.45) is 1.44. The molecule has 1 aliphatic rings. The third-order valence-corrected chi connectivity index (χ3v) is 7.75. The topological polar surface area (TPSA) is 66.5 Å². The molecule has 3 aromatic rings. The van der Waals surface area contributed by atoms with E-state index in [1.54, 1.807) is 36.4 Å². The molecule has 1 N–H and O–H groups in total. The molecule has 7 heteroatoms. The highest BCUT2D eigenvalue weighted by molar-refractivity contribution is 9.10. The van der Waals surface area contributed by atoms with Crippen LogP contribution in [0.3, 0.4) is 0 Å². The van der Waals surface area contributed by atoms with E-state index in [9.17, 15) is 13.2 Å². The van der Waals surface area contributed by atoms with E-state index in [-0.39, 0.29) is 10.8 Å². The minimum absolute atomic E-state index is 0.170. The minimum atomic E-state index is -3.66. The van der Waals surface area contributed by atoms with Crippen molar-refractivity contribution in [3.8, 4) is 0 Å². The summed E-state index contributed by atoms with van der Waals surface area (Å²) in [5, 5.41) is 2.94. The standard InChI is InChI=1S/C24H23BrN2O3S/c1-17-4-6-18(7-5-17)16-26-24(28)20-8-13-23-19(15-20)3-2-14-27(23)31(29,30)22-11-9-21(25)10-12-22/h4-13,15H,2-3,14,16H2,1H3,(H,26,28). The van der Waals surface area contributed by atoms with Gasteiger partial charge in [-0.25, -0.2) is 8.42 Å². The fourth-order valence-electron chi connectivity index (χ4n) is 3.68. The summed E-state index contributed by atoms with van der Waals surface area (Å²) in [6, 6.07) is 19.9. The second kappa shape index (κ2) is 8.85. The van der Waals surface area contributed by atoms with Gasteiger partial charge in [-0.1, -0.05) is 45.8 Å². The Morgan fingerprint density at radius 3 is 2.45 bits per heavy atom. The number of carbonyl (C=O) groups is 1. The SMILES string of the molecule is Cc1ccc(CNC(=O)c2ccc3c(c2)CCCN3S(=O)(=O)c2ccc(Br)cc2)cc1. The van der Waals surface area contributed by atoms with Gasteiger partial charge in [-0.15, -0.1) is 0 Å². The minimum Gasteiger partial charge on any atom is -0.348 e. The van der Waals surface area contributed by atoms with E-state index in [1.165, 1.54) is 9.87 Å². The number of hydrogen-bond acceptors (Lipinski definition) is 3. The lowest BCUT2D eigenvalue weighted by Gasteiger charge is -2.30. The van der Waals surface area contributed by atoms with E-state index in [0.717, 1.165) is 22.0 Å². The van der Waals surface area contributed by atoms with E-state index < -0.39 is 10.0 Å². The number of anilines is 1. The van der Waals surface area contributed by atoms with Gasteiger partial charge in [0.15, 0.2) is 0 Å². The Hall–Kier alpha value is -2.64. The van der Waals surface area contributed by atoms with Gasteiger partial charge in [0.05, 0.1) is 10.6 Å². The van der Waals surface area contributed by atoms with Gasteiger partial charge in [-0.2, -0.15) is 0 Å². The molecule has 3 aromatic carbocycles. The van der Waals surface area contributed by atoms with Gasteiger partial charge in [0.2, 0.25) is 0 Å². The summed E-state index contributed by atoms with van der Waals surface area (Å²) in [4.78, 5) is 12.9. The van der Waals surface area contributed by atoms with Crippen molar-refractivity contribution in [1.82, 2.24) is 5.32 Å². The number of hydrogen-bond donors (Lipinski definition) is 1. The van der Waals surface area contributed by atoms with Crippen molar-refractivity contribution in [3.63, 3.8) is 0 Å². The predicted octanol–water partition coefficient (Wildman–Crippen LogP) is 4.83. The van der Waals surface area contributed by atoms with Crippen LogP contribution in [0.1, 0.15) is 33.5 Å². The molecule has 1 heterocycles. The predicted molar refractivity (Wildman–Crippen MR) is 126 cm³/mol. The maximum atomic E-state index is 13.2. The molecule has 5 nitrogen and oxygen atoms in total. The van der Waals surface area contributed by atoms with E-state index in [0.29, 0.717) is 30.8 Å². The van der Waals surface area contributed by atoms with Crippen LogP contribution in [-0.4, -0.2) is 20.9 Å². The first-order chi connectivity index (χ1) is 14.8. The zero-order valence-electron chi connectivity index (χ0n) is 17.1. The number of amides is 1. The first-order valence-electron chi connectivity index (χ1n) is 10.1. The summed E-state index contributed by atoms with van der Waals surface area (Å²) < 4.78 is 28.7. The molecule has 4 rings (SSSR count). The number of rotatable bonds is 5. The zero-order valence-corrected chi connectivity index (χ0v) is 19.5. The number of sulfonamides is 1. The number of aryl methyl sites for hydroxylation is 2. The highest BCUT2D eigenvalue weighted by Crippen LogP contribution is 2.33. The molecule has 160 valence electrons. The largest absolute Gasteiger partial charge is 0.348 e. The number of nitrogens with zero attached hydrogens (tertiary/aromatic N) is 1. The molecule has 0 unspecified atom stereocenters. The first-order valence-corrected chi connectivity index (χ1v) is 12.3. The number of halogens is 1. The third kappa shape index (κ3) is 4.67. The van der Waals surface area contributed by atoms with Crippen LogP contribution in [0.25, 0.3) is 0 Å². The van der Waals surface area contributed by atoms with Crippen LogP contribution in [0.5, 0.6) is 0 Å². The van der Waals surface area contributed by atoms with Gasteiger partial charge in [-0.3, -0.25) is 9.10 Å². The Labute approximate surface area is 191 Å². The molecule has 0 bridgehead atoms. The van der Waals surface area contributed by atoms with Crippen molar-refractivity contribution in [2.45, 2.75) is 31.2 Å². The van der Waals surface area contributed by atoms with Crippen molar-refractivity contribution in [2.24, 2.45) is 0 Å². The summed E-state index contributed by atoms with van der Waals surface area (Å²) in [7, 11) is -3.66. The Balaban J connectivity index is 1.54. The molecule has 1 amide bonds. The van der Waals surface area contributed by atoms with Crippen molar-refractivity contribution in [2.75, 3.05) is 10.8 Å². The summed E-state index contributed by atoms with van der Waals surface area (Å²) in [5.41, 5.74) is 4.25. The van der Waals surface area contributed by atoms with Crippen LogP contribution in [0.4, 0.5) is 5.69 Å². The lowest BCUT2D eigenvalue weighted by molar-refractivity contribution is 0.0951. The first kappa shape index (κ1) is 21.6. The fraction of sp³-hybridized carbons (Fsp3) is 0.208. The normalized spacial score (nSPS) is 13.5. The molecule has 0 aliphatic carbocycles. The number of fused-ring (bicyclic) bond motifs is 1. The van der Waals surface area contributed by atoms with Crippen LogP contribution in [0, 0.1) is 6.92 Å². The molecule has 0 atom stereocenters. The molecule has 1 aliphatic heterocycles. The van der Waals surface area contributed by atoms with Gasteiger partial charge in [0.1, 0.15) is 0 Å². The van der Waals surface area contributed by atoms with Crippen molar-refractivity contribution < 1.29 is 13.2 Å². The van der Waals surface area contributed by atoms with Gasteiger partial charge < -0.3 is 5.32 Å². The van der Waals surface area contributed by atoms with Crippen LogP contribution >= 0.6 is 15.9 Å². The van der Waals surface area contributed by atoms with Crippen LogP contribution in [0.2, 0.25) is 0 Å². The maximum absolute atomic E-state index is 13.2. The Morgan fingerprint density at radius 2 is 1.74 bits per heavy atom. The third-order valence-electron chi connectivity index (χ3n) is 5.39. The van der Waals surface area contributed by atoms with Gasteiger partial charge >= 0.3 is 0 Å². The number of carbonyl (C=O) groups excluding carboxylic acids is 1. The molecule has 0 saturated heterocycles. The zero-order chi connectivity index (χ0) is 22.0. The molecule has 0 aromatic heterocycles. The molecule has 0 radical (unpaired) electrons. The Kier molecular flexibility index (Phi) is 6.16. The van der Waals surface area contributed by atoms with E-state index in [4.69, 9.17) is 0 Å². The quantitative estimate of drug-likeness (QED) is 0.547. The smallest absolute Gasteiger partial charge is 0.264 e. The Morgan fingerprint density at radius 1 is 1.03 bits per heavy atom. The van der Waals surface area contributed by atoms with E-state index in [1.807, 2.05) is 37.3 Å². The van der Waals surface area contributed by atoms with Gasteiger partial charge in [0, 0.05) is 23.1 Å². The van der Waals surface area contributed by atoms with E-state index >= 15 is 0 Å². The monoisotopic (exact) mass is 498 g/mol. The summed E-state index contributed by atoms with van der Waals surface area (Å²) >= 11 is 3.34. The van der Waals surface area contributed by atoms with Crippen LogP contribution in [0.15, 0.2) is 76.1 Å². The molecule has 31 heavy (non-hydrogen) atoms. The molecule has 0 spiro atoms. The van der Waals surface area contributed by atoms with Crippen molar-refractivity contribution in [3.05, 3.63) is 93.5 Å². The lowest BCUT2D eigenvalue weighted by atomic mass is 10.0. The average Bonchev–Trinajstić information content (AvgIpc) is 2.78. The highest BCUT2D eigenvalue weighted by atomic mass is 79.9. The molecule has 0 saturated carbocycles. The molecule has 0 fully saturated rings. The highest BCUT2D eigenvalue weighted by Gasteiger charge is 2.29.